The molecular formula is C17H21ClN2O4. The van der Waals surface area contributed by atoms with Gasteiger partial charge in [-0.3, -0.25) is 4.79 Å². The third kappa shape index (κ3) is 3.15. The monoisotopic (exact) mass is 352 g/mol. The van der Waals surface area contributed by atoms with Crippen LogP contribution < -0.4 is 4.74 Å². The van der Waals surface area contributed by atoms with Gasteiger partial charge >= 0.3 is 6.09 Å². The number of rotatable bonds is 2. The Hall–Kier alpha value is -1.95. The van der Waals surface area contributed by atoms with Crippen LogP contribution in [0.25, 0.3) is 0 Å². The number of carbonyl (C=O) groups is 2. The van der Waals surface area contributed by atoms with Gasteiger partial charge in [0.15, 0.2) is 0 Å². The lowest BCUT2D eigenvalue weighted by Crippen LogP contribution is -2.36. The molecule has 1 aromatic rings. The van der Waals surface area contributed by atoms with Crippen LogP contribution in [0.4, 0.5) is 4.79 Å². The van der Waals surface area contributed by atoms with Gasteiger partial charge in [-0.15, -0.1) is 0 Å². The molecule has 0 saturated carbocycles. The number of likely N-dealkylation sites (N-methyl/N-ethyl adjacent to an activating group) is 1. The summed E-state index contributed by atoms with van der Waals surface area (Å²) in [7, 11) is 3.28. The molecule has 2 aliphatic rings. The van der Waals surface area contributed by atoms with E-state index in [1.807, 2.05) is 0 Å². The van der Waals surface area contributed by atoms with Crippen LogP contribution in [0.5, 0.6) is 5.75 Å². The summed E-state index contributed by atoms with van der Waals surface area (Å²) in [4.78, 5) is 27.8. The smallest absolute Gasteiger partial charge is 0.410 e. The van der Waals surface area contributed by atoms with Crippen LogP contribution in [-0.4, -0.2) is 61.2 Å². The molecule has 0 unspecified atom stereocenters. The van der Waals surface area contributed by atoms with E-state index in [0.717, 1.165) is 12.8 Å². The first-order valence-corrected chi connectivity index (χ1v) is 8.39. The third-order valence-corrected chi connectivity index (χ3v) is 5.02. The van der Waals surface area contributed by atoms with Gasteiger partial charge in [-0.2, -0.15) is 0 Å². The summed E-state index contributed by atoms with van der Waals surface area (Å²) in [6, 6.07) is 5.05. The topological polar surface area (TPSA) is 59.1 Å². The first-order chi connectivity index (χ1) is 11.4. The number of likely N-dealkylation sites (tertiary alicyclic amines) is 1. The average Bonchev–Trinajstić information content (AvgIpc) is 2.72. The van der Waals surface area contributed by atoms with E-state index in [2.05, 4.69) is 0 Å². The fraction of sp³-hybridized carbons (Fsp3) is 0.529. The Bertz CT molecular complexity index is 666. The second kappa shape index (κ2) is 6.51. The predicted molar refractivity (Wildman–Crippen MR) is 89.6 cm³/mol. The summed E-state index contributed by atoms with van der Waals surface area (Å²) in [6.45, 7) is 1.79. The van der Waals surface area contributed by atoms with Crippen LogP contribution in [0.15, 0.2) is 18.2 Å². The summed E-state index contributed by atoms with van der Waals surface area (Å²) in [6.07, 6.45) is 1.95. The quantitative estimate of drug-likeness (QED) is 0.821. The van der Waals surface area contributed by atoms with Crippen molar-refractivity contribution in [2.75, 3.05) is 33.8 Å². The largest absolute Gasteiger partial charge is 0.495 e. The number of hydrogen-bond acceptors (Lipinski definition) is 4. The predicted octanol–water partition coefficient (Wildman–Crippen LogP) is 2.80. The molecule has 0 aromatic heterocycles. The number of methoxy groups -OCH3 is 1. The van der Waals surface area contributed by atoms with E-state index < -0.39 is 5.60 Å². The fourth-order valence-electron chi connectivity index (χ4n) is 3.41. The first kappa shape index (κ1) is 16.9. The Labute approximate surface area is 146 Å². The Kier molecular flexibility index (Phi) is 4.58. The minimum absolute atomic E-state index is 0.0609. The van der Waals surface area contributed by atoms with Crippen LogP contribution >= 0.6 is 11.6 Å². The summed E-state index contributed by atoms with van der Waals surface area (Å²) < 4.78 is 10.7. The highest BCUT2D eigenvalue weighted by atomic mass is 35.5. The number of benzene rings is 1. The average molecular weight is 353 g/mol. The van der Waals surface area contributed by atoms with Crippen molar-refractivity contribution in [2.24, 2.45) is 0 Å². The fourth-order valence-corrected chi connectivity index (χ4v) is 3.66. The third-order valence-electron chi connectivity index (χ3n) is 4.72. The molecule has 1 atom stereocenters. The number of amides is 2. The van der Waals surface area contributed by atoms with Gasteiger partial charge in [0.2, 0.25) is 0 Å². The van der Waals surface area contributed by atoms with Gasteiger partial charge in [0.1, 0.15) is 11.4 Å². The number of halogens is 1. The number of carbonyl (C=O) groups excluding carboxylic acids is 2. The molecule has 0 bridgehead atoms. The molecular weight excluding hydrogens is 332 g/mol. The summed E-state index contributed by atoms with van der Waals surface area (Å²) in [5.41, 5.74) is 0.0792. The molecule has 1 spiro atoms. The maximum absolute atomic E-state index is 12.7. The van der Waals surface area contributed by atoms with Gasteiger partial charge in [-0.05, 0) is 31.0 Å². The molecule has 0 aliphatic carbocycles. The van der Waals surface area contributed by atoms with Crippen molar-refractivity contribution in [1.29, 1.82) is 0 Å². The van der Waals surface area contributed by atoms with Crippen molar-refractivity contribution in [1.82, 2.24) is 9.80 Å². The molecule has 7 heteroatoms. The van der Waals surface area contributed by atoms with Crippen molar-refractivity contribution >= 4 is 23.6 Å². The zero-order chi connectivity index (χ0) is 17.3. The van der Waals surface area contributed by atoms with Crippen molar-refractivity contribution in [3.63, 3.8) is 0 Å². The van der Waals surface area contributed by atoms with E-state index >= 15 is 0 Å². The van der Waals surface area contributed by atoms with Crippen LogP contribution in [0.3, 0.4) is 0 Å². The molecule has 0 radical (unpaired) electrons. The molecule has 130 valence electrons. The molecule has 3 rings (SSSR count). The zero-order valence-electron chi connectivity index (χ0n) is 13.9. The first-order valence-electron chi connectivity index (χ1n) is 8.01. The lowest BCUT2D eigenvalue weighted by atomic mass is 9.95. The number of ether oxygens (including phenoxy) is 2. The Balaban J connectivity index is 1.71. The van der Waals surface area contributed by atoms with Crippen molar-refractivity contribution in [3.05, 3.63) is 28.8 Å². The van der Waals surface area contributed by atoms with Crippen molar-refractivity contribution in [3.8, 4) is 5.75 Å². The summed E-state index contributed by atoms with van der Waals surface area (Å²) >= 11 is 6.12. The molecule has 24 heavy (non-hydrogen) atoms. The molecule has 2 amide bonds. The Morgan fingerprint density at radius 2 is 2.12 bits per heavy atom. The summed E-state index contributed by atoms with van der Waals surface area (Å²) in [5, 5.41) is 0.418. The van der Waals surface area contributed by atoms with E-state index in [4.69, 9.17) is 21.1 Å². The van der Waals surface area contributed by atoms with Crippen molar-refractivity contribution < 1.29 is 19.1 Å². The maximum Gasteiger partial charge on any atom is 0.410 e. The minimum atomic E-state index is -0.460. The maximum atomic E-state index is 12.7. The van der Waals surface area contributed by atoms with Gasteiger partial charge < -0.3 is 19.3 Å². The normalized spacial score (nSPS) is 24.0. The Morgan fingerprint density at radius 3 is 2.75 bits per heavy atom. The SMILES string of the molecule is COc1ccc(C(=O)N2CCC[C@]3(CC2)CN(C)C(=O)O3)cc1Cl. The second-order valence-corrected chi connectivity index (χ2v) is 6.81. The van der Waals surface area contributed by atoms with Gasteiger partial charge in [-0.1, -0.05) is 11.6 Å². The Morgan fingerprint density at radius 1 is 1.33 bits per heavy atom. The molecule has 2 aliphatic heterocycles. The zero-order valence-corrected chi connectivity index (χ0v) is 14.6. The second-order valence-electron chi connectivity index (χ2n) is 6.40. The molecule has 6 nitrogen and oxygen atoms in total. The number of nitrogens with zero attached hydrogens (tertiary/aromatic N) is 2. The molecule has 2 saturated heterocycles. The molecule has 2 fully saturated rings. The highest BCUT2D eigenvalue weighted by Crippen LogP contribution is 2.33. The van der Waals surface area contributed by atoms with E-state index in [-0.39, 0.29) is 12.0 Å². The minimum Gasteiger partial charge on any atom is -0.495 e. The highest BCUT2D eigenvalue weighted by Gasteiger charge is 2.44. The highest BCUT2D eigenvalue weighted by molar-refractivity contribution is 6.32. The van der Waals surface area contributed by atoms with Crippen LogP contribution in [-0.2, 0) is 4.74 Å². The van der Waals surface area contributed by atoms with Crippen LogP contribution in [0.1, 0.15) is 29.6 Å². The van der Waals surface area contributed by atoms with Crippen LogP contribution in [0.2, 0.25) is 5.02 Å². The van der Waals surface area contributed by atoms with Crippen molar-refractivity contribution in [2.45, 2.75) is 24.9 Å². The van der Waals surface area contributed by atoms with Gasteiger partial charge in [-0.25, -0.2) is 4.79 Å². The van der Waals surface area contributed by atoms with Gasteiger partial charge in [0.25, 0.3) is 5.91 Å². The van der Waals surface area contributed by atoms with E-state index in [1.165, 1.54) is 7.11 Å². The van der Waals surface area contributed by atoms with E-state index in [9.17, 15) is 9.59 Å². The van der Waals surface area contributed by atoms with Gasteiger partial charge in [0.05, 0.1) is 18.7 Å². The number of hydrogen-bond donors (Lipinski definition) is 0. The van der Waals surface area contributed by atoms with E-state index in [0.29, 0.717) is 42.4 Å². The molecule has 0 N–H and O–H groups in total. The summed E-state index contributed by atoms with van der Waals surface area (Å²) in [5.74, 6) is 0.484. The lowest BCUT2D eigenvalue weighted by Gasteiger charge is -2.25. The molecule has 2 heterocycles. The van der Waals surface area contributed by atoms with Crippen LogP contribution in [0, 0.1) is 0 Å². The lowest BCUT2D eigenvalue weighted by molar-refractivity contribution is 0.0438. The molecule has 1 aromatic carbocycles. The van der Waals surface area contributed by atoms with E-state index in [1.54, 1.807) is 35.0 Å². The standard InChI is InChI=1S/C17H21ClN2O4/c1-19-11-17(24-16(19)22)6-3-8-20(9-7-17)15(21)12-4-5-14(23-2)13(18)10-12/h4-5,10H,3,6-9,11H2,1-2H3/t17-/m0/s1. The van der Waals surface area contributed by atoms with Gasteiger partial charge in [0, 0.05) is 32.1 Å².